The first-order valence-electron chi connectivity index (χ1n) is 10.4. The fraction of sp³-hybridized carbons (Fsp3) is 0.409. The van der Waals surface area contributed by atoms with E-state index in [9.17, 15) is 17.6 Å². The summed E-state index contributed by atoms with van der Waals surface area (Å²) in [6.45, 7) is 4.59. The van der Waals surface area contributed by atoms with Gasteiger partial charge in [-0.1, -0.05) is 6.07 Å². The molecule has 1 amide bonds. The Kier molecular flexibility index (Phi) is 6.27. The molecule has 0 unspecified atom stereocenters. The van der Waals surface area contributed by atoms with Crippen molar-refractivity contribution in [3.8, 4) is 0 Å². The van der Waals surface area contributed by atoms with Crippen LogP contribution in [0.2, 0.25) is 0 Å². The molecular weight excluding hydrogens is 419 g/mol. The summed E-state index contributed by atoms with van der Waals surface area (Å²) in [7, 11) is -1.68. The average Bonchev–Trinajstić information content (AvgIpc) is 2.80. The fourth-order valence-electron chi connectivity index (χ4n) is 3.97. The highest BCUT2D eigenvalue weighted by atomic mass is 32.2. The molecule has 2 aliphatic heterocycles. The minimum absolute atomic E-state index is 0.133. The highest BCUT2D eigenvalue weighted by Gasteiger charge is 2.30. The van der Waals surface area contributed by atoms with Crippen molar-refractivity contribution in [1.82, 2.24) is 14.1 Å². The van der Waals surface area contributed by atoms with Gasteiger partial charge in [0.1, 0.15) is 5.82 Å². The van der Waals surface area contributed by atoms with Crippen molar-refractivity contribution in [2.24, 2.45) is 0 Å². The quantitative estimate of drug-likeness (QED) is 0.716. The molecule has 2 aromatic rings. The van der Waals surface area contributed by atoms with Crippen LogP contribution in [0.15, 0.2) is 53.4 Å². The molecule has 0 saturated carbocycles. The van der Waals surface area contributed by atoms with Crippen LogP contribution in [0.5, 0.6) is 0 Å². The van der Waals surface area contributed by atoms with Crippen molar-refractivity contribution in [3.63, 3.8) is 0 Å². The van der Waals surface area contributed by atoms with Crippen molar-refractivity contribution in [3.05, 3.63) is 59.9 Å². The molecule has 0 spiro atoms. The number of carbonyl (C=O) groups excluding carboxylic acids is 1. The van der Waals surface area contributed by atoms with Crippen molar-refractivity contribution >= 4 is 21.6 Å². The van der Waals surface area contributed by atoms with E-state index in [2.05, 4.69) is 4.90 Å². The van der Waals surface area contributed by atoms with Crippen LogP contribution < -0.4 is 4.90 Å². The first kappa shape index (κ1) is 21.7. The largest absolute Gasteiger partial charge is 0.369 e. The molecule has 2 aromatic carbocycles. The first-order valence-corrected chi connectivity index (χ1v) is 11.9. The van der Waals surface area contributed by atoms with Crippen LogP contribution in [-0.2, 0) is 10.0 Å². The lowest BCUT2D eigenvalue weighted by Gasteiger charge is -2.35. The van der Waals surface area contributed by atoms with Crippen molar-refractivity contribution < 1.29 is 17.6 Å². The third kappa shape index (κ3) is 4.73. The molecule has 7 nitrogen and oxygen atoms in total. The topological polar surface area (TPSA) is 64.2 Å². The number of anilines is 1. The minimum Gasteiger partial charge on any atom is -0.369 e. The number of nitrogens with zero attached hydrogens (tertiary/aromatic N) is 4. The molecule has 0 N–H and O–H groups in total. The van der Waals surface area contributed by atoms with Gasteiger partial charge in [0.2, 0.25) is 10.0 Å². The van der Waals surface area contributed by atoms with Gasteiger partial charge in [0.25, 0.3) is 5.91 Å². The third-order valence-electron chi connectivity index (χ3n) is 5.94. The lowest BCUT2D eigenvalue weighted by Crippen LogP contribution is -2.48. The summed E-state index contributed by atoms with van der Waals surface area (Å²) >= 11 is 0. The lowest BCUT2D eigenvalue weighted by molar-refractivity contribution is 0.0664. The van der Waals surface area contributed by atoms with E-state index >= 15 is 0 Å². The second-order valence-electron chi connectivity index (χ2n) is 7.99. The standard InChI is InChI=1S/C22H27FN4O3S/c1-24-9-11-26(12-10-24)22(28)18-3-2-4-21(17-18)31(29,30)27-15-13-25(14-16-27)20-7-5-19(23)6-8-20/h2-8,17H,9-16H2,1H3. The normalized spacial score (nSPS) is 18.9. The molecule has 0 atom stereocenters. The lowest BCUT2D eigenvalue weighted by atomic mass is 10.2. The molecule has 2 aliphatic rings. The van der Waals surface area contributed by atoms with Crippen LogP contribution in [0.1, 0.15) is 10.4 Å². The van der Waals surface area contributed by atoms with E-state index in [1.165, 1.54) is 22.5 Å². The number of likely N-dealkylation sites (N-methyl/N-ethyl adjacent to an activating group) is 1. The van der Waals surface area contributed by atoms with E-state index in [4.69, 9.17) is 0 Å². The van der Waals surface area contributed by atoms with Crippen LogP contribution in [0, 0.1) is 5.82 Å². The van der Waals surface area contributed by atoms with E-state index in [1.54, 1.807) is 35.2 Å². The Bertz CT molecular complexity index is 1030. The number of piperazine rings is 2. The summed E-state index contributed by atoms with van der Waals surface area (Å²) in [5.74, 6) is -0.428. The predicted molar refractivity (Wildman–Crippen MR) is 117 cm³/mol. The zero-order valence-electron chi connectivity index (χ0n) is 17.6. The summed E-state index contributed by atoms with van der Waals surface area (Å²) < 4.78 is 41.0. The Morgan fingerprint density at radius 3 is 2.16 bits per heavy atom. The van der Waals surface area contributed by atoms with Gasteiger partial charge in [-0.25, -0.2) is 12.8 Å². The molecule has 0 aliphatic carbocycles. The maximum absolute atomic E-state index is 13.2. The third-order valence-corrected chi connectivity index (χ3v) is 7.83. The van der Waals surface area contributed by atoms with Crippen molar-refractivity contribution in [2.75, 3.05) is 64.3 Å². The number of hydrogen-bond acceptors (Lipinski definition) is 5. The van der Waals surface area contributed by atoms with E-state index in [1.807, 2.05) is 11.9 Å². The van der Waals surface area contributed by atoms with Crippen LogP contribution >= 0.6 is 0 Å². The number of carbonyl (C=O) groups is 1. The second-order valence-corrected chi connectivity index (χ2v) is 9.93. The van der Waals surface area contributed by atoms with Crippen LogP contribution in [0.25, 0.3) is 0 Å². The zero-order chi connectivity index (χ0) is 22.0. The molecule has 9 heteroatoms. The highest BCUT2D eigenvalue weighted by molar-refractivity contribution is 7.89. The van der Waals surface area contributed by atoms with Gasteiger partial charge >= 0.3 is 0 Å². The van der Waals surface area contributed by atoms with Gasteiger partial charge in [-0.15, -0.1) is 0 Å². The van der Waals surface area contributed by atoms with Gasteiger partial charge in [-0.2, -0.15) is 4.31 Å². The summed E-state index contributed by atoms with van der Waals surface area (Å²) in [5.41, 5.74) is 1.27. The van der Waals surface area contributed by atoms with Crippen LogP contribution in [0.3, 0.4) is 0 Å². The SMILES string of the molecule is CN1CCN(C(=O)c2cccc(S(=O)(=O)N3CCN(c4ccc(F)cc4)CC3)c2)CC1. The predicted octanol–water partition coefficient (Wildman–Crippen LogP) is 1.72. The van der Waals surface area contributed by atoms with Gasteiger partial charge in [-0.05, 0) is 49.5 Å². The molecule has 2 heterocycles. The number of rotatable bonds is 4. The van der Waals surface area contributed by atoms with Crippen molar-refractivity contribution in [1.29, 1.82) is 0 Å². The molecule has 0 radical (unpaired) electrons. The molecule has 0 aromatic heterocycles. The minimum atomic E-state index is -3.70. The van der Waals surface area contributed by atoms with Gasteiger partial charge in [0, 0.05) is 63.6 Å². The highest BCUT2D eigenvalue weighted by Crippen LogP contribution is 2.22. The molecule has 0 bridgehead atoms. The van der Waals surface area contributed by atoms with E-state index in [0.717, 1.165) is 18.8 Å². The van der Waals surface area contributed by atoms with Crippen LogP contribution in [-0.4, -0.2) is 87.8 Å². The fourth-order valence-corrected chi connectivity index (χ4v) is 5.44. The molecular formula is C22H27FN4O3S. The number of sulfonamides is 1. The Labute approximate surface area is 182 Å². The molecule has 4 rings (SSSR count). The maximum atomic E-state index is 13.2. The smallest absolute Gasteiger partial charge is 0.253 e. The Morgan fingerprint density at radius 1 is 0.871 bits per heavy atom. The van der Waals surface area contributed by atoms with Gasteiger partial charge in [0.15, 0.2) is 0 Å². The Morgan fingerprint density at radius 2 is 1.52 bits per heavy atom. The van der Waals surface area contributed by atoms with Crippen LogP contribution in [0.4, 0.5) is 10.1 Å². The number of amides is 1. The maximum Gasteiger partial charge on any atom is 0.253 e. The average molecular weight is 447 g/mol. The molecule has 2 fully saturated rings. The van der Waals surface area contributed by atoms with Crippen molar-refractivity contribution in [2.45, 2.75) is 4.90 Å². The molecule has 31 heavy (non-hydrogen) atoms. The molecule has 2 saturated heterocycles. The van der Waals surface area contributed by atoms with Gasteiger partial charge in [-0.3, -0.25) is 4.79 Å². The first-order chi connectivity index (χ1) is 14.8. The number of halogens is 1. The number of hydrogen-bond donors (Lipinski definition) is 0. The summed E-state index contributed by atoms with van der Waals surface area (Å²) in [5, 5.41) is 0. The number of benzene rings is 2. The summed E-state index contributed by atoms with van der Waals surface area (Å²) in [6, 6.07) is 12.5. The monoisotopic (exact) mass is 446 g/mol. The van der Waals surface area contributed by atoms with E-state index in [0.29, 0.717) is 44.8 Å². The summed E-state index contributed by atoms with van der Waals surface area (Å²) in [6.07, 6.45) is 0. The van der Waals surface area contributed by atoms with E-state index in [-0.39, 0.29) is 16.6 Å². The molecule has 166 valence electrons. The Hall–Kier alpha value is -2.49. The van der Waals surface area contributed by atoms with E-state index < -0.39 is 10.0 Å². The second kappa shape index (κ2) is 8.94. The summed E-state index contributed by atoms with van der Waals surface area (Å²) in [4.78, 5) is 19.0. The van der Waals surface area contributed by atoms with Gasteiger partial charge in [0.05, 0.1) is 4.90 Å². The Balaban J connectivity index is 1.45. The van der Waals surface area contributed by atoms with Gasteiger partial charge < -0.3 is 14.7 Å². The zero-order valence-corrected chi connectivity index (χ0v) is 18.4.